The van der Waals surface area contributed by atoms with Gasteiger partial charge in [0, 0.05) is 10.7 Å². The van der Waals surface area contributed by atoms with Crippen LogP contribution in [0.25, 0.3) is 5.69 Å². The average molecular weight is 327 g/mol. The number of fused-ring (bicyclic) bond motifs is 3. The summed E-state index contributed by atoms with van der Waals surface area (Å²) >= 11 is 6.15. The van der Waals surface area contributed by atoms with Crippen molar-refractivity contribution in [2.24, 2.45) is 0 Å². The standard InChI is InChI=1S/C16H11ClN4O2/c17-10-6-7-12-13(8-10)20(11-4-2-1-3-5-11)9-14-18-15(16(22)23)19-21(12)14/h1-8H,9H2,(H,22,23). The minimum atomic E-state index is -1.14. The molecular weight excluding hydrogens is 316 g/mol. The summed E-state index contributed by atoms with van der Waals surface area (Å²) in [5, 5.41) is 13.8. The molecule has 2 heterocycles. The topological polar surface area (TPSA) is 71.2 Å². The Morgan fingerprint density at radius 3 is 2.65 bits per heavy atom. The van der Waals surface area contributed by atoms with Gasteiger partial charge >= 0.3 is 5.97 Å². The van der Waals surface area contributed by atoms with E-state index in [1.54, 1.807) is 10.7 Å². The maximum Gasteiger partial charge on any atom is 0.375 e. The van der Waals surface area contributed by atoms with Gasteiger partial charge in [-0.25, -0.2) is 14.5 Å². The van der Waals surface area contributed by atoms with Crippen molar-refractivity contribution >= 4 is 28.9 Å². The molecule has 0 atom stereocenters. The number of anilines is 2. The fourth-order valence-electron chi connectivity index (χ4n) is 2.69. The largest absolute Gasteiger partial charge is 0.475 e. The monoisotopic (exact) mass is 326 g/mol. The predicted octanol–water partition coefficient (Wildman–Crippen LogP) is 3.27. The van der Waals surface area contributed by atoms with E-state index < -0.39 is 5.97 Å². The van der Waals surface area contributed by atoms with Crippen molar-refractivity contribution in [1.29, 1.82) is 0 Å². The number of carbonyl (C=O) groups is 1. The first-order chi connectivity index (χ1) is 11.1. The molecule has 0 saturated carbocycles. The molecule has 1 aliphatic heterocycles. The van der Waals surface area contributed by atoms with Crippen LogP contribution in [-0.4, -0.2) is 25.8 Å². The van der Waals surface area contributed by atoms with Gasteiger partial charge in [0.05, 0.1) is 17.9 Å². The van der Waals surface area contributed by atoms with Gasteiger partial charge in [-0.1, -0.05) is 29.8 Å². The Bertz CT molecular complexity index is 908. The molecule has 2 aromatic carbocycles. The lowest BCUT2D eigenvalue weighted by Gasteiger charge is -2.31. The highest BCUT2D eigenvalue weighted by molar-refractivity contribution is 6.31. The van der Waals surface area contributed by atoms with Crippen LogP contribution in [-0.2, 0) is 6.54 Å². The van der Waals surface area contributed by atoms with Crippen molar-refractivity contribution in [3.63, 3.8) is 0 Å². The second kappa shape index (κ2) is 5.10. The van der Waals surface area contributed by atoms with Crippen molar-refractivity contribution in [2.75, 3.05) is 4.90 Å². The van der Waals surface area contributed by atoms with Crippen LogP contribution in [0.5, 0.6) is 0 Å². The highest BCUT2D eigenvalue weighted by Gasteiger charge is 2.27. The lowest BCUT2D eigenvalue weighted by atomic mass is 10.1. The zero-order chi connectivity index (χ0) is 16.0. The zero-order valence-electron chi connectivity index (χ0n) is 11.8. The van der Waals surface area contributed by atoms with Crippen molar-refractivity contribution in [1.82, 2.24) is 14.8 Å². The molecule has 1 aromatic heterocycles. The third-order valence-electron chi connectivity index (χ3n) is 3.69. The van der Waals surface area contributed by atoms with Gasteiger partial charge in [0.1, 0.15) is 0 Å². The number of para-hydroxylation sites is 1. The smallest absolute Gasteiger partial charge is 0.375 e. The van der Waals surface area contributed by atoms with Gasteiger partial charge in [-0.15, -0.1) is 5.10 Å². The summed E-state index contributed by atoms with van der Waals surface area (Å²) in [4.78, 5) is 17.3. The summed E-state index contributed by atoms with van der Waals surface area (Å²) in [7, 11) is 0. The van der Waals surface area contributed by atoms with Crippen LogP contribution in [0.2, 0.25) is 5.02 Å². The maximum atomic E-state index is 11.2. The molecule has 7 heteroatoms. The molecule has 1 aliphatic rings. The zero-order valence-corrected chi connectivity index (χ0v) is 12.6. The number of nitrogens with zero attached hydrogens (tertiary/aromatic N) is 4. The molecule has 0 unspecified atom stereocenters. The van der Waals surface area contributed by atoms with Crippen LogP contribution in [0.3, 0.4) is 0 Å². The van der Waals surface area contributed by atoms with E-state index in [0.717, 1.165) is 17.1 Å². The Kier molecular flexibility index (Phi) is 3.06. The summed E-state index contributed by atoms with van der Waals surface area (Å²) in [6, 6.07) is 15.2. The highest BCUT2D eigenvalue weighted by Crippen LogP contribution is 2.37. The molecule has 0 radical (unpaired) electrons. The summed E-state index contributed by atoms with van der Waals surface area (Å²) in [5.74, 6) is -0.787. The molecule has 0 spiro atoms. The Hall–Kier alpha value is -2.86. The Labute approximate surface area is 136 Å². The molecule has 0 saturated heterocycles. The lowest BCUT2D eigenvalue weighted by Crippen LogP contribution is -2.26. The Morgan fingerprint density at radius 2 is 1.91 bits per heavy atom. The van der Waals surface area contributed by atoms with Crippen molar-refractivity contribution < 1.29 is 9.90 Å². The van der Waals surface area contributed by atoms with E-state index in [-0.39, 0.29) is 5.82 Å². The van der Waals surface area contributed by atoms with Gasteiger partial charge in [0.25, 0.3) is 5.82 Å². The normalized spacial score (nSPS) is 12.7. The van der Waals surface area contributed by atoms with Crippen LogP contribution >= 0.6 is 11.6 Å². The molecule has 1 N–H and O–H groups in total. The third kappa shape index (κ3) is 2.24. The van der Waals surface area contributed by atoms with Gasteiger partial charge in [-0.05, 0) is 30.3 Å². The van der Waals surface area contributed by atoms with Gasteiger partial charge < -0.3 is 10.0 Å². The molecule has 114 valence electrons. The van der Waals surface area contributed by atoms with Gasteiger partial charge in [-0.2, -0.15) is 0 Å². The summed E-state index contributed by atoms with van der Waals surface area (Å²) in [6.45, 7) is 0.414. The molecule has 4 rings (SSSR count). The van der Waals surface area contributed by atoms with E-state index in [1.807, 2.05) is 47.4 Å². The van der Waals surface area contributed by atoms with Crippen LogP contribution in [0.4, 0.5) is 11.4 Å². The number of hydrogen-bond donors (Lipinski definition) is 1. The molecule has 6 nitrogen and oxygen atoms in total. The first kappa shape index (κ1) is 13.8. The van der Waals surface area contributed by atoms with E-state index in [4.69, 9.17) is 16.7 Å². The quantitative estimate of drug-likeness (QED) is 0.782. The van der Waals surface area contributed by atoms with E-state index in [1.165, 1.54) is 0 Å². The van der Waals surface area contributed by atoms with Crippen LogP contribution in [0.15, 0.2) is 48.5 Å². The minimum absolute atomic E-state index is 0.212. The molecule has 0 fully saturated rings. The molecule has 23 heavy (non-hydrogen) atoms. The second-order valence-corrected chi connectivity index (χ2v) is 5.56. The first-order valence-corrected chi connectivity index (χ1v) is 7.33. The summed E-state index contributed by atoms with van der Waals surface area (Å²) in [5.41, 5.74) is 2.58. The van der Waals surface area contributed by atoms with E-state index in [9.17, 15) is 4.79 Å². The SMILES string of the molecule is O=C(O)c1nc2n(n1)-c1ccc(Cl)cc1N(c1ccccc1)C2. The fourth-order valence-corrected chi connectivity index (χ4v) is 2.85. The summed E-state index contributed by atoms with van der Waals surface area (Å²) in [6.07, 6.45) is 0. The first-order valence-electron chi connectivity index (χ1n) is 6.95. The van der Waals surface area contributed by atoms with Gasteiger partial charge in [0.2, 0.25) is 0 Å². The number of aromatic nitrogens is 3. The van der Waals surface area contributed by atoms with E-state index in [2.05, 4.69) is 10.1 Å². The molecule has 3 aromatic rings. The minimum Gasteiger partial charge on any atom is -0.475 e. The number of halogens is 1. The summed E-state index contributed by atoms with van der Waals surface area (Å²) < 4.78 is 1.56. The number of aromatic carboxylic acids is 1. The van der Waals surface area contributed by atoms with Crippen molar-refractivity contribution in [3.8, 4) is 5.69 Å². The number of carboxylic acids is 1. The molecule has 0 bridgehead atoms. The fraction of sp³-hybridized carbons (Fsp3) is 0.0625. The van der Waals surface area contributed by atoms with Crippen LogP contribution < -0.4 is 4.90 Å². The van der Waals surface area contributed by atoms with Crippen LogP contribution in [0.1, 0.15) is 16.4 Å². The Balaban J connectivity index is 1.93. The lowest BCUT2D eigenvalue weighted by molar-refractivity contribution is 0.0683. The highest BCUT2D eigenvalue weighted by atomic mass is 35.5. The van der Waals surface area contributed by atoms with E-state index >= 15 is 0 Å². The van der Waals surface area contributed by atoms with Gasteiger partial charge in [0.15, 0.2) is 5.82 Å². The maximum absolute atomic E-state index is 11.2. The third-order valence-corrected chi connectivity index (χ3v) is 3.92. The predicted molar refractivity (Wildman–Crippen MR) is 85.6 cm³/mol. The average Bonchev–Trinajstić information content (AvgIpc) is 2.99. The molecule has 0 aliphatic carbocycles. The van der Waals surface area contributed by atoms with Crippen LogP contribution in [0, 0.1) is 0 Å². The number of benzene rings is 2. The Morgan fingerprint density at radius 1 is 1.13 bits per heavy atom. The van der Waals surface area contributed by atoms with Gasteiger partial charge in [-0.3, -0.25) is 0 Å². The second-order valence-electron chi connectivity index (χ2n) is 5.12. The molecule has 0 amide bonds. The number of rotatable bonds is 2. The van der Waals surface area contributed by atoms with E-state index in [0.29, 0.717) is 17.4 Å². The number of carboxylic acid groups (broad SMARTS) is 1. The van der Waals surface area contributed by atoms with Crippen molar-refractivity contribution in [3.05, 3.63) is 65.2 Å². The number of hydrogen-bond acceptors (Lipinski definition) is 4. The van der Waals surface area contributed by atoms with Crippen molar-refractivity contribution in [2.45, 2.75) is 6.54 Å². The molecular formula is C16H11ClN4O2.